The molecule has 0 bridgehead atoms. The summed E-state index contributed by atoms with van der Waals surface area (Å²) in [7, 11) is 0. The molecule has 0 aromatic rings. The van der Waals surface area contributed by atoms with Gasteiger partial charge in [-0.05, 0) is 58.5 Å². The molecule has 1 atom stereocenters. The average molecular weight is 314 g/mol. The molecule has 0 radical (unpaired) electrons. The van der Waals surface area contributed by atoms with Crippen LogP contribution >= 0.6 is 12.6 Å². The topological polar surface area (TPSA) is 32.8 Å². The second kappa shape index (κ2) is 8.51. The lowest BCUT2D eigenvalue weighted by Crippen LogP contribution is -2.41. The molecule has 1 unspecified atom stereocenters. The van der Waals surface area contributed by atoms with Crippen molar-refractivity contribution in [3.05, 3.63) is 0 Å². The maximum Gasteiger partial charge on any atom is 0.143 e. The fourth-order valence-corrected chi connectivity index (χ4v) is 3.55. The van der Waals surface area contributed by atoms with Crippen LogP contribution in [0, 0.1) is 5.92 Å². The highest BCUT2D eigenvalue weighted by atomic mass is 32.1. The van der Waals surface area contributed by atoms with Crippen molar-refractivity contribution in [3.8, 4) is 0 Å². The van der Waals surface area contributed by atoms with E-state index in [1.165, 1.54) is 12.8 Å². The van der Waals surface area contributed by atoms with E-state index < -0.39 is 0 Å². The molecule has 0 aromatic carbocycles. The standard InChI is InChI=1S/C16H30N2O2S/c1-13(19)11-17-7-5-16(6-8-17)20-12-15-3-9-18(10-4-15)14(2)21/h14-16,21H,3-12H2,1-2H3. The summed E-state index contributed by atoms with van der Waals surface area (Å²) in [6, 6.07) is 0. The van der Waals surface area contributed by atoms with Gasteiger partial charge < -0.3 is 4.74 Å². The average Bonchev–Trinajstić information content (AvgIpc) is 2.46. The first-order valence-electron chi connectivity index (χ1n) is 8.30. The maximum absolute atomic E-state index is 11.1. The number of nitrogens with zero attached hydrogens (tertiary/aromatic N) is 2. The fourth-order valence-electron chi connectivity index (χ4n) is 3.31. The molecule has 4 nitrogen and oxygen atoms in total. The number of thiol groups is 1. The lowest BCUT2D eigenvalue weighted by atomic mass is 9.97. The van der Waals surface area contributed by atoms with Crippen molar-refractivity contribution in [2.75, 3.05) is 39.3 Å². The number of ether oxygens (including phenoxy) is 1. The van der Waals surface area contributed by atoms with Crippen LogP contribution in [-0.2, 0) is 9.53 Å². The minimum absolute atomic E-state index is 0.263. The summed E-state index contributed by atoms with van der Waals surface area (Å²) in [5.41, 5.74) is 0. The fraction of sp³-hybridized carbons (Fsp3) is 0.938. The number of hydrogen-bond acceptors (Lipinski definition) is 5. The summed E-state index contributed by atoms with van der Waals surface area (Å²) in [4.78, 5) is 15.8. The molecule has 2 aliphatic rings. The molecule has 0 aliphatic carbocycles. The van der Waals surface area contributed by atoms with E-state index in [1.807, 2.05) is 0 Å². The summed E-state index contributed by atoms with van der Waals surface area (Å²) in [6.45, 7) is 9.62. The van der Waals surface area contributed by atoms with E-state index >= 15 is 0 Å². The quantitative estimate of drug-likeness (QED) is 0.761. The first-order valence-corrected chi connectivity index (χ1v) is 8.81. The Kier molecular flexibility index (Phi) is 6.99. The summed E-state index contributed by atoms with van der Waals surface area (Å²) < 4.78 is 6.12. The van der Waals surface area contributed by atoms with Crippen LogP contribution in [0.1, 0.15) is 39.5 Å². The summed E-state index contributed by atoms with van der Waals surface area (Å²) >= 11 is 4.50. The van der Waals surface area contributed by atoms with Crippen LogP contribution in [-0.4, -0.2) is 66.4 Å². The van der Waals surface area contributed by atoms with Crippen LogP contribution in [0.3, 0.4) is 0 Å². The summed E-state index contributed by atoms with van der Waals surface area (Å²) in [5, 5.41) is 0.373. The van der Waals surface area contributed by atoms with Crippen molar-refractivity contribution in [3.63, 3.8) is 0 Å². The SMILES string of the molecule is CC(=O)CN1CCC(OCC2CCN(C(C)S)CC2)CC1. The van der Waals surface area contributed by atoms with Crippen LogP contribution in [0.15, 0.2) is 0 Å². The smallest absolute Gasteiger partial charge is 0.143 e. The zero-order valence-electron chi connectivity index (χ0n) is 13.5. The van der Waals surface area contributed by atoms with Gasteiger partial charge in [0.25, 0.3) is 0 Å². The van der Waals surface area contributed by atoms with E-state index in [0.717, 1.165) is 45.6 Å². The van der Waals surface area contributed by atoms with E-state index in [2.05, 4.69) is 29.4 Å². The predicted molar refractivity (Wildman–Crippen MR) is 88.8 cm³/mol. The third-order valence-corrected chi connectivity index (χ3v) is 5.05. The van der Waals surface area contributed by atoms with Crippen LogP contribution in [0.2, 0.25) is 0 Å². The second-order valence-corrected chi connectivity index (χ2v) is 7.37. The molecule has 0 N–H and O–H groups in total. The number of hydrogen-bond donors (Lipinski definition) is 1. The van der Waals surface area contributed by atoms with Crippen molar-refractivity contribution in [2.24, 2.45) is 5.92 Å². The van der Waals surface area contributed by atoms with Crippen LogP contribution in [0.4, 0.5) is 0 Å². The van der Waals surface area contributed by atoms with Gasteiger partial charge in [-0.2, -0.15) is 12.6 Å². The van der Waals surface area contributed by atoms with Gasteiger partial charge in [0.15, 0.2) is 0 Å². The summed E-state index contributed by atoms with van der Waals surface area (Å²) in [6.07, 6.45) is 5.00. The molecule has 0 amide bonds. The van der Waals surface area contributed by atoms with Gasteiger partial charge in [-0.25, -0.2) is 0 Å². The van der Waals surface area contributed by atoms with Crippen molar-refractivity contribution in [1.29, 1.82) is 0 Å². The Hall–Kier alpha value is -0.100. The zero-order chi connectivity index (χ0) is 15.2. The third kappa shape index (κ3) is 5.89. The number of likely N-dealkylation sites (tertiary alicyclic amines) is 2. The number of piperidine rings is 2. The highest BCUT2D eigenvalue weighted by Crippen LogP contribution is 2.22. The van der Waals surface area contributed by atoms with Gasteiger partial charge >= 0.3 is 0 Å². The lowest BCUT2D eigenvalue weighted by Gasteiger charge is -2.35. The lowest BCUT2D eigenvalue weighted by molar-refractivity contribution is -0.118. The number of carbonyl (C=O) groups excluding carboxylic acids is 1. The van der Waals surface area contributed by atoms with E-state index in [4.69, 9.17) is 4.74 Å². The molecular formula is C16H30N2O2S. The van der Waals surface area contributed by atoms with E-state index in [9.17, 15) is 4.79 Å². The molecule has 5 heteroatoms. The van der Waals surface area contributed by atoms with Gasteiger partial charge in [-0.1, -0.05) is 0 Å². The second-order valence-electron chi connectivity index (χ2n) is 6.62. The molecule has 0 aromatic heterocycles. The Morgan fingerprint density at radius 2 is 1.81 bits per heavy atom. The Morgan fingerprint density at radius 3 is 2.33 bits per heavy atom. The van der Waals surface area contributed by atoms with Crippen molar-refractivity contribution < 1.29 is 9.53 Å². The monoisotopic (exact) mass is 314 g/mol. The molecule has 2 fully saturated rings. The minimum Gasteiger partial charge on any atom is -0.378 e. The van der Waals surface area contributed by atoms with Crippen LogP contribution in [0.5, 0.6) is 0 Å². The van der Waals surface area contributed by atoms with Crippen molar-refractivity contribution >= 4 is 18.4 Å². The Balaban J connectivity index is 1.59. The first kappa shape index (κ1) is 17.3. The van der Waals surface area contributed by atoms with Gasteiger partial charge in [-0.3, -0.25) is 14.6 Å². The van der Waals surface area contributed by atoms with Gasteiger partial charge in [-0.15, -0.1) is 0 Å². The zero-order valence-corrected chi connectivity index (χ0v) is 14.4. The predicted octanol–water partition coefficient (Wildman–Crippen LogP) is 2.04. The van der Waals surface area contributed by atoms with Gasteiger partial charge in [0, 0.05) is 25.1 Å². The third-order valence-electron chi connectivity index (χ3n) is 4.73. The molecule has 2 aliphatic heterocycles. The number of Topliss-reactive ketones (excluding diaryl/α,β-unsaturated/α-hetero) is 1. The van der Waals surface area contributed by atoms with E-state index in [1.54, 1.807) is 6.92 Å². The summed E-state index contributed by atoms with van der Waals surface area (Å²) in [5.74, 6) is 0.975. The van der Waals surface area contributed by atoms with E-state index in [-0.39, 0.29) is 5.78 Å². The number of ketones is 1. The normalized spacial score (nSPS) is 25.1. The molecule has 2 heterocycles. The van der Waals surface area contributed by atoms with Crippen molar-refractivity contribution in [2.45, 2.75) is 51.0 Å². The molecule has 2 rings (SSSR count). The van der Waals surface area contributed by atoms with Gasteiger partial charge in [0.2, 0.25) is 0 Å². The maximum atomic E-state index is 11.1. The van der Waals surface area contributed by atoms with Crippen LogP contribution in [0.25, 0.3) is 0 Å². The number of carbonyl (C=O) groups is 1. The number of rotatable bonds is 6. The first-order chi connectivity index (χ1) is 10.0. The Morgan fingerprint density at radius 1 is 1.19 bits per heavy atom. The molecule has 2 saturated heterocycles. The van der Waals surface area contributed by atoms with Gasteiger partial charge in [0.1, 0.15) is 5.78 Å². The Bertz CT molecular complexity index is 322. The molecule has 21 heavy (non-hydrogen) atoms. The molecule has 0 saturated carbocycles. The van der Waals surface area contributed by atoms with E-state index in [0.29, 0.717) is 23.9 Å². The van der Waals surface area contributed by atoms with Crippen molar-refractivity contribution in [1.82, 2.24) is 9.80 Å². The molecule has 0 spiro atoms. The van der Waals surface area contributed by atoms with Crippen LogP contribution < -0.4 is 0 Å². The highest BCUT2D eigenvalue weighted by molar-refractivity contribution is 7.80. The van der Waals surface area contributed by atoms with Gasteiger partial charge in [0.05, 0.1) is 12.6 Å². The molecular weight excluding hydrogens is 284 g/mol. The Labute approximate surface area is 134 Å². The minimum atomic E-state index is 0.263. The largest absolute Gasteiger partial charge is 0.378 e. The highest BCUT2D eigenvalue weighted by Gasteiger charge is 2.24. The molecule has 122 valence electrons.